The SMILES string of the molecule is O=S(=O)(c1ccc(NC2(CCl)CCCCC2)cc1)C(F)F. The van der Waals surface area contributed by atoms with Crippen molar-refractivity contribution in [2.75, 3.05) is 11.2 Å². The Morgan fingerprint density at radius 3 is 2.19 bits per heavy atom. The maximum absolute atomic E-state index is 12.5. The molecular weight excluding hydrogens is 320 g/mol. The van der Waals surface area contributed by atoms with E-state index in [4.69, 9.17) is 11.6 Å². The first kappa shape index (κ1) is 16.5. The molecule has 0 bridgehead atoms. The van der Waals surface area contributed by atoms with Crippen LogP contribution in [0.3, 0.4) is 0 Å². The highest BCUT2D eigenvalue weighted by atomic mass is 35.5. The molecule has 1 fully saturated rings. The van der Waals surface area contributed by atoms with Gasteiger partial charge in [-0.1, -0.05) is 19.3 Å². The van der Waals surface area contributed by atoms with Gasteiger partial charge in [0.25, 0.3) is 0 Å². The van der Waals surface area contributed by atoms with Gasteiger partial charge in [0.05, 0.1) is 10.4 Å². The minimum Gasteiger partial charge on any atom is -0.378 e. The molecule has 1 aromatic carbocycles. The van der Waals surface area contributed by atoms with E-state index < -0.39 is 15.6 Å². The van der Waals surface area contributed by atoms with Crippen LogP contribution in [0.5, 0.6) is 0 Å². The van der Waals surface area contributed by atoms with E-state index in [1.807, 2.05) is 0 Å². The monoisotopic (exact) mass is 337 g/mol. The third-order valence-electron chi connectivity index (χ3n) is 3.89. The summed E-state index contributed by atoms with van der Waals surface area (Å²) < 4.78 is 47.7. The third-order valence-corrected chi connectivity index (χ3v) is 5.80. The van der Waals surface area contributed by atoms with Crippen molar-refractivity contribution in [2.24, 2.45) is 0 Å². The van der Waals surface area contributed by atoms with Gasteiger partial charge >= 0.3 is 5.76 Å². The summed E-state index contributed by atoms with van der Waals surface area (Å²) >= 11 is 6.07. The number of alkyl halides is 3. The molecule has 2 rings (SSSR count). The summed E-state index contributed by atoms with van der Waals surface area (Å²) in [5.41, 5.74) is 0.508. The number of hydrogen-bond acceptors (Lipinski definition) is 3. The fourth-order valence-electron chi connectivity index (χ4n) is 2.66. The second-order valence-corrected chi connectivity index (χ2v) is 7.61. The number of halogens is 3. The highest BCUT2D eigenvalue weighted by Gasteiger charge is 2.31. The Morgan fingerprint density at radius 1 is 1.14 bits per heavy atom. The van der Waals surface area contributed by atoms with Gasteiger partial charge in [-0.25, -0.2) is 8.42 Å². The molecule has 0 atom stereocenters. The molecule has 1 N–H and O–H groups in total. The van der Waals surface area contributed by atoms with Gasteiger partial charge in [-0.3, -0.25) is 0 Å². The van der Waals surface area contributed by atoms with E-state index in [0.29, 0.717) is 11.6 Å². The smallest absolute Gasteiger partial charge is 0.341 e. The quantitative estimate of drug-likeness (QED) is 0.825. The van der Waals surface area contributed by atoms with Crippen molar-refractivity contribution in [3.63, 3.8) is 0 Å². The molecule has 1 aliphatic carbocycles. The van der Waals surface area contributed by atoms with Gasteiger partial charge in [0.2, 0.25) is 9.84 Å². The summed E-state index contributed by atoms with van der Waals surface area (Å²) in [6.07, 6.45) is 5.28. The van der Waals surface area contributed by atoms with Gasteiger partial charge in [0.15, 0.2) is 0 Å². The van der Waals surface area contributed by atoms with Gasteiger partial charge in [0.1, 0.15) is 0 Å². The van der Waals surface area contributed by atoms with Crippen LogP contribution in [0.4, 0.5) is 14.5 Å². The van der Waals surface area contributed by atoms with Crippen molar-refractivity contribution in [1.29, 1.82) is 0 Å². The molecule has 0 aromatic heterocycles. The maximum atomic E-state index is 12.5. The van der Waals surface area contributed by atoms with Gasteiger partial charge in [-0.05, 0) is 37.1 Å². The molecule has 0 spiro atoms. The number of anilines is 1. The van der Waals surface area contributed by atoms with E-state index in [-0.39, 0.29) is 10.4 Å². The van der Waals surface area contributed by atoms with Gasteiger partial charge in [-0.2, -0.15) is 8.78 Å². The molecule has 0 saturated heterocycles. The van der Waals surface area contributed by atoms with Crippen LogP contribution in [-0.2, 0) is 9.84 Å². The average molecular weight is 338 g/mol. The molecule has 1 aromatic rings. The van der Waals surface area contributed by atoms with Crippen molar-refractivity contribution >= 4 is 27.1 Å². The van der Waals surface area contributed by atoms with E-state index in [2.05, 4.69) is 5.32 Å². The summed E-state index contributed by atoms with van der Waals surface area (Å²) in [6.45, 7) is 0. The highest BCUT2D eigenvalue weighted by Crippen LogP contribution is 2.33. The summed E-state index contributed by atoms with van der Waals surface area (Å²) in [7, 11) is -4.53. The van der Waals surface area contributed by atoms with Crippen LogP contribution in [-0.4, -0.2) is 25.6 Å². The zero-order chi connectivity index (χ0) is 15.5. The number of sulfone groups is 1. The molecule has 0 unspecified atom stereocenters. The number of rotatable bonds is 5. The summed E-state index contributed by atoms with van der Waals surface area (Å²) in [5, 5.41) is 3.34. The normalized spacial score (nSPS) is 18.7. The van der Waals surface area contributed by atoms with E-state index in [0.717, 1.165) is 25.7 Å². The zero-order valence-corrected chi connectivity index (χ0v) is 13.1. The summed E-state index contributed by atoms with van der Waals surface area (Å²) in [6, 6.07) is 5.43. The summed E-state index contributed by atoms with van der Waals surface area (Å²) in [5.74, 6) is -2.94. The first-order valence-electron chi connectivity index (χ1n) is 6.86. The lowest BCUT2D eigenvalue weighted by Crippen LogP contribution is -2.42. The topological polar surface area (TPSA) is 46.2 Å². The van der Waals surface area contributed by atoms with E-state index in [9.17, 15) is 17.2 Å². The van der Waals surface area contributed by atoms with Gasteiger partial charge in [0, 0.05) is 11.6 Å². The van der Waals surface area contributed by atoms with E-state index >= 15 is 0 Å². The summed E-state index contributed by atoms with van der Waals surface area (Å²) in [4.78, 5) is -0.369. The van der Waals surface area contributed by atoms with Crippen LogP contribution >= 0.6 is 11.6 Å². The van der Waals surface area contributed by atoms with Gasteiger partial charge < -0.3 is 5.32 Å². The second-order valence-electron chi connectivity index (χ2n) is 5.43. The number of hydrogen-bond donors (Lipinski definition) is 1. The fourth-order valence-corrected chi connectivity index (χ4v) is 3.71. The Balaban J connectivity index is 2.16. The molecule has 118 valence electrons. The lowest BCUT2D eigenvalue weighted by molar-refractivity contribution is 0.234. The molecule has 0 heterocycles. The molecule has 7 heteroatoms. The zero-order valence-electron chi connectivity index (χ0n) is 11.5. The first-order valence-corrected chi connectivity index (χ1v) is 8.94. The van der Waals surface area contributed by atoms with Crippen molar-refractivity contribution in [2.45, 2.75) is 48.3 Å². The van der Waals surface area contributed by atoms with Crippen molar-refractivity contribution < 1.29 is 17.2 Å². The Morgan fingerprint density at radius 2 is 1.71 bits per heavy atom. The highest BCUT2D eigenvalue weighted by molar-refractivity contribution is 7.91. The third kappa shape index (κ3) is 3.66. The largest absolute Gasteiger partial charge is 0.378 e. The Bertz CT molecular complexity index is 569. The van der Waals surface area contributed by atoms with Crippen LogP contribution in [0.2, 0.25) is 0 Å². The van der Waals surface area contributed by atoms with Crippen molar-refractivity contribution in [1.82, 2.24) is 0 Å². The predicted molar refractivity (Wildman–Crippen MR) is 79.8 cm³/mol. The fraction of sp³-hybridized carbons (Fsp3) is 0.571. The average Bonchev–Trinajstić information content (AvgIpc) is 2.48. The van der Waals surface area contributed by atoms with Crippen LogP contribution < -0.4 is 5.32 Å². The molecule has 21 heavy (non-hydrogen) atoms. The Kier molecular flexibility index (Phi) is 5.09. The molecular formula is C14H18ClF2NO2S. The predicted octanol–water partition coefficient (Wildman–Crippen LogP) is 4.04. The van der Waals surface area contributed by atoms with Crippen molar-refractivity contribution in [3.8, 4) is 0 Å². The minimum absolute atomic E-state index is 0.192. The van der Waals surface area contributed by atoms with Crippen LogP contribution in [0, 0.1) is 0 Å². The lowest BCUT2D eigenvalue weighted by atomic mass is 9.83. The number of nitrogens with one attached hydrogen (secondary N) is 1. The Hall–Kier alpha value is -0.880. The molecule has 0 amide bonds. The van der Waals surface area contributed by atoms with Crippen LogP contribution in [0.15, 0.2) is 29.2 Å². The maximum Gasteiger partial charge on any atom is 0.341 e. The second kappa shape index (κ2) is 6.48. The molecule has 1 saturated carbocycles. The van der Waals surface area contributed by atoms with Crippen LogP contribution in [0.25, 0.3) is 0 Å². The van der Waals surface area contributed by atoms with Crippen molar-refractivity contribution in [3.05, 3.63) is 24.3 Å². The van der Waals surface area contributed by atoms with Crippen LogP contribution in [0.1, 0.15) is 32.1 Å². The molecule has 1 aliphatic rings. The standard InChI is InChI=1S/C14H18ClF2NO2S/c15-10-14(8-2-1-3-9-14)18-11-4-6-12(7-5-11)21(19,20)13(16)17/h4-7,13,18H,1-3,8-10H2. The molecule has 3 nitrogen and oxygen atoms in total. The van der Waals surface area contributed by atoms with E-state index in [1.54, 1.807) is 0 Å². The van der Waals surface area contributed by atoms with Gasteiger partial charge in [-0.15, -0.1) is 11.6 Å². The number of benzene rings is 1. The van der Waals surface area contributed by atoms with E-state index in [1.165, 1.54) is 30.7 Å². The minimum atomic E-state index is -4.53. The molecule has 0 radical (unpaired) electrons. The Labute approximate surface area is 128 Å². The molecule has 0 aliphatic heterocycles. The lowest BCUT2D eigenvalue weighted by Gasteiger charge is -2.37. The first-order chi connectivity index (χ1) is 9.89.